The molecule has 0 unspecified atom stereocenters. The molecule has 0 saturated carbocycles. The van der Waals surface area contributed by atoms with Gasteiger partial charge in [0, 0.05) is 6.54 Å². The predicted octanol–water partition coefficient (Wildman–Crippen LogP) is 3.00. The van der Waals surface area contributed by atoms with Crippen molar-refractivity contribution in [2.45, 2.75) is 32.4 Å². The van der Waals surface area contributed by atoms with Gasteiger partial charge in [-0.2, -0.15) is 0 Å². The maximum atomic E-state index is 12.9. The lowest BCUT2D eigenvalue weighted by molar-refractivity contribution is 0.0942. The SMILES string of the molecule is COc1ccccc1NC(=O)c1nc(C(=O)NCc2ccco2)c2n1CCCC2. The Morgan fingerprint density at radius 2 is 2.03 bits per heavy atom. The van der Waals surface area contributed by atoms with Crippen molar-refractivity contribution in [2.75, 3.05) is 12.4 Å². The molecule has 0 atom stereocenters. The molecule has 0 fully saturated rings. The molecule has 4 rings (SSSR count). The highest BCUT2D eigenvalue weighted by molar-refractivity contribution is 6.04. The Morgan fingerprint density at radius 1 is 1.17 bits per heavy atom. The van der Waals surface area contributed by atoms with E-state index in [1.54, 1.807) is 37.6 Å². The van der Waals surface area contributed by atoms with Gasteiger partial charge in [0.2, 0.25) is 0 Å². The number of amides is 2. The number of para-hydroxylation sites is 2. The van der Waals surface area contributed by atoms with Crippen LogP contribution in [0.25, 0.3) is 0 Å². The number of furan rings is 1. The van der Waals surface area contributed by atoms with Crippen LogP contribution in [0.1, 0.15) is 45.4 Å². The summed E-state index contributed by atoms with van der Waals surface area (Å²) in [5, 5.41) is 5.65. The number of aromatic nitrogens is 2. The van der Waals surface area contributed by atoms with Gasteiger partial charge in [-0.1, -0.05) is 12.1 Å². The van der Waals surface area contributed by atoms with Gasteiger partial charge in [-0.05, 0) is 43.5 Å². The van der Waals surface area contributed by atoms with Crippen LogP contribution in [0.5, 0.6) is 5.75 Å². The number of imidazole rings is 1. The van der Waals surface area contributed by atoms with Crippen molar-refractivity contribution in [2.24, 2.45) is 0 Å². The average Bonchev–Trinajstić information content (AvgIpc) is 3.40. The Bertz CT molecular complexity index is 1020. The van der Waals surface area contributed by atoms with Gasteiger partial charge in [-0.15, -0.1) is 0 Å². The molecule has 8 nitrogen and oxygen atoms in total. The van der Waals surface area contributed by atoms with Crippen LogP contribution in [0, 0.1) is 0 Å². The second-order valence-electron chi connectivity index (χ2n) is 6.76. The summed E-state index contributed by atoms with van der Waals surface area (Å²) in [6, 6.07) is 10.7. The number of ether oxygens (including phenoxy) is 1. The number of fused-ring (bicyclic) bond motifs is 1. The first-order chi connectivity index (χ1) is 14.2. The van der Waals surface area contributed by atoms with E-state index in [2.05, 4.69) is 15.6 Å². The molecule has 2 amide bonds. The van der Waals surface area contributed by atoms with E-state index in [9.17, 15) is 9.59 Å². The molecule has 2 aromatic heterocycles. The first-order valence-corrected chi connectivity index (χ1v) is 9.51. The van der Waals surface area contributed by atoms with E-state index in [-0.39, 0.29) is 24.2 Å². The normalized spacial score (nSPS) is 12.9. The summed E-state index contributed by atoms with van der Waals surface area (Å²) in [5.74, 6) is 0.753. The Balaban J connectivity index is 1.58. The summed E-state index contributed by atoms with van der Waals surface area (Å²) in [6.45, 7) is 0.920. The van der Waals surface area contributed by atoms with Crippen LogP contribution in [-0.2, 0) is 19.5 Å². The summed E-state index contributed by atoms with van der Waals surface area (Å²) < 4.78 is 12.4. The first-order valence-electron chi connectivity index (χ1n) is 9.51. The van der Waals surface area contributed by atoms with Gasteiger partial charge in [0.05, 0.1) is 31.3 Å². The van der Waals surface area contributed by atoms with Gasteiger partial charge in [-0.3, -0.25) is 9.59 Å². The van der Waals surface area contributed by atoms with Crippen molar-refractivity contribution in [3.05, 3.63) is 65.6 Å². The second kappa shape index (κ2) is 8.22. The zero-order valence-electron chi connectivity index (χ0n) is 16.1. The number of rotatable bonds is 6. The second-order valence-corrected chi connectivity index (χ2v) is 6.76. The standard InChI is InChI=1S/C21H22N4O4/c1-28-17-10-3-2-8-15(17)23-21(27)19-24-18(16-9-4-5-11-25(16)19)20(26)22-13-14-7-6-12-29-14/h2-3,6-8,10,12H,4-5,9,11,13H2,1H3,(H,22,26)(H,23,27). The molecule has 1 aliphatic heterocycles. The lowest BCUT2D eigenvalue weighted by Gasteiger charge is -2.17. The molecular weight excluding hydrogens is 372 g/mol. The molecule has 2 N–H and O–H groups in total. The van der Waals surface area contributed by atoms with Crippen molar-refractivity contribution < 1.29 is 18.7 Å². The maximum Gasteiger partial charge on any atom is 0.291 e. The third-order valence-electron chi connectivity index (χ3n) is 4.89. The fraction of sp³-hybridized carbons (Fsp3) is 0.286. The van der Waals surface area contributed by atoms with Crippen molar-refractivity contribution in [1.29, 1.82) is 0 Å². The number of hydrogen-bond donors (Lipinski definition) is 2. The first kappa shape index (κ1) is 18.8. The maximum absolute atomic E-state index is 12.9. The largest absolute Gasteiger partial charge is 0.495 e. The van der Waals surface area contributed by atoms with Crippen LogP contribution in [0.15, 0.2) is 47.1 Å². The Kier molecular flexibility index (Phi) is 5.33. The van der Waals surface area contributed by atoms with E-state index < -0.39 is 0 Å². The van der Waals surface area contributed by atoms with Crippen LogP contribution in [-0.4, -0.2) is 28.5 Å². The molecule has 29 heavy (non-hydrogen) atoms. The van der Waals surface area contributed by atoms with Crippen molar-refractivity contribution in [3.63, 3.8) is 0 Å². The monoisotopic (exact) mass is 394 g/mol. The minimum absolute atomic E-state index is 0.230. The number of nitrogens with one attached hydrogen (secondary N) is 2. The topological polar surface area (TPSA) is 98.4 Å². The van der Waals surface area contributed by atoms with E-state index in [1.807, 2.05) is 16.7 Å². The number of hydrogen-bond acceptors (Lipinski definition) is 5. The number of carbonyl (C=O) groups is 2. The molecule has 0 radical (unpaired) electrons. The van der Waals surface area contributed by atoms with Gasteiger partial charge < -0.3 is 24.4 Å². The molecule has 3 heterocycles. The molecule has 1 aliphatic rings. The smallest absolute Gasteiger partial charge is 0.291 e. The Hall–Kier alpha value is -3.55. The highest BCUT2D eigenvalue weighted by Crippen LogP contribution is 2.25. The number of carbonyl (C=O) groups excluding carboxylic acids is 2. The quantitative estimate of drug-likeness (QED) is 0.670. The molecule has 0 spiro atoms. The average molecular weight is 394 g/mol. The van der Waals surface area contributed by atoms with Gasteiger partial charge in [0.15, 0.2) is 5.82 Å². The molecule has 150 valence electrons. The highest BCUT2D eigenvalue weighted by atomic mass is 16.5. The van der Waals surface area contributed by atoms with E-state index >= 15 is 0 Å². The number of nitrogens with zero attached hydrogens (tertiary/aromatic N) is 2. The summed E-state index contributed by atoms with van der Waals surface area (Å²) in [6.07, 6.45) is 4.15. The molecule has 0 saturated heterocycles. The van der Waals surface area contributed by atoms with Gasteiger partial charge >= 0.3 is 0 Å². The molecule has 0 bridgehead atoms. The minimum atomic E-state index is -0.372. The summed E-state index contributed by atoms with van der Waals surface area (Å²) in [5.41, 5.74) is 1.64. The predicted molar refractivity (Wildman–Crippen MR) is 106 cm³/mol. The van der Waals surface area contributed by atoms with E-state index in [0.717, 1.165) is 18.5 Å². The van der Waals surface area contributed by atoms with Crippen LogP contribution in [0.4, 0.5) is 5.69 Å². The molecule has 1 aromatic carbocycles. The van der Waals surface area contributed by atoms with E-state index in [0.29, 0.717) is 35.9 Å². The Labute approximate surface area is 167 Å². The summed E-state index contributed by atoms with van der Waals surface area (Å²) >= 11 is 0. The number of methoxy groups -OCH3 is 1. The molecular formula is C21H22N4O4. The van der Waals surface area contributed by atoms with E-state index in [1.165, 1.54) is 0 Å². The van der Waals surface area contributed by atoms with Crippen molar-refractivity contribution >= 4 is 17.5 Å². The zero-order chi connectivity index (χ0) is 20.2. The van der Waals surface area contributed by atoms with Gasteiger partial charge in [0.1, 0.15) is 17.2 Å². The van der Waals surface area contributed by atoms with Crippen LogP contribution in [0.3, 0.4) is 0 Å². The summed E-state index contributed by atoms with van der Waals surface area (Å²) in [4.78, 5) is 30.1. The van der Waals surface area contributed by atoms with Crippen LogP contribution in [0.2, 0.25) is 0 Å². The van der Waals surface area contributed by atoms with E-state index in [4.69, 9.17) is 9.15 Å². The summed E-state index contributed by atoms with van der Waals surface area (Å²) in [7, 11) is 1.55. The Morgan fingerprint density at radius 3 is 2.83 bits per heavy atom. The fourth-order valence-electron chi connectivity index (χ4n) is 3.49. The van der Waals surface area contributed by atoms with Gasteiger partial charge in [-0.25, -0.2) is 4.98 Å². The number of anilines is 1. The van der Waals surface area contributed by atoms with Crippen LogP contribution < -0.4 is 15.4 Å². The third kappa shape index (κ3) is 3.87. The van der Waals surface area contributed by atoms with Crippen molar-refractivity contribution in [1.82, 2.24) is 14.9 Å². The highest BCUT2D eigenvalue weighted by Gasteiger charge is 2.27. The minimum Gasteiger partial charge on any atom is -0.495 e. The van der Waals surface area contributed by atoms with Gasteiger partial charge in [0.25, 0.3) is 11.8 Å². The van der Waals surface area contributed by atoms with Crippen LogP contribution >= 0.6 is 0 Å². The molecule has 8 heteroatoms. The fourth-order valence-corrected chi connectivity index (χ4v) is 3.49. The number of benzene rings is 1. The zero-order valence-corrected chi connectivity index (χ0v) is 16.1. The third-order valence-corrected chi connectivity index (χ3v) is 4.89. The van der Waals surface area contributed by atoms with Crippen molar-refractivity contribution in [3.8, 4) is 5.75 Å². The molecule has 3 aromatic rings. The molecule has 0 aliphatic carbocycles. The lowest BCUT2D eigenvalue weighted by Crippen LogP contribution is -2.25. The lowest BCUT2D eigenvalue weighted by atomic mass is 10.1.